The van der Waals surface area contributed by atoms with Gasteiger partial charge in [-0.15, -0.1) is 0 Å². The Morgan fingerprint density at radius 2 is 1.69 bits per heavy atom. The van der Waals surface area contributed by atoms with E-state index in [2.05, 4.69) is 0 Å². The van der Waals surface area contributed by atoms with Crippen LogP contribution in [0.2, 0.25) is 5.02 Å². The molecule has 0 spiro atoms. The predicted octanol–water partition coefficient (Wildman–Crippen LogP) is 3.37. The average Bonchev–Trinajstić information content (AvgIpc) is 2.73. The molecule has 2 aromatic carbocycles. The maximum atomic E-state index is 12.4. The third-order valence-corrected chi connectivity index (χ3v) is 4.84. The number of amides is 1. The highest BCUT2D eigenvalue weighted by Crippen LogP contribution is 2.31. The third kappa shape index (κ3) is 5.29. The summed E-state index contributed by atoms with van der Waals surface area (Å²) in [7, 11) is 0. The van der Waals surface area contributed by atoms with Crippen LogP contribution in [0.3, 0.4) is 0 Å². The largest absolute Gasteiger partial charge is 0.494 e. The van der Waals surface area contributed by atoms with E-state index < -0.39 is 4.92 Å². The van der Waals surface area contributed by atoms with E-state index in [0.717, 1.165) is 5.75 Å². The van der Waals surface area contributed by atoms with Crippen molar-refractivity contribution >= 4 is 28.9 Å². The Hall–Kier alpha value is -3.00. The molecular formula is C20H22ClN3O5. The molecule has 9 heteroatoms. The summed E-state index contributed by atoms with van der Waals surface area (Å²) in [6.45, 7) is 4.36. The van der Waals surface area contributed by atoms with Gasteiger partial charge < -0.3 is 19.3 Å². The van der Waals surface area contributed by atoms with E-state index in [4.69, 9.17) is 21.1 Å². The molecule has 1 amide bonds. The zero-order valence-corrected chi connectivity index (χ0v) is 16.8. The number of nitro benzene ring substituents is 1. The van der Waals surface area contributed by atoms with Crippen LogP contribution in [0, 0.1) is 10.1 Å². The lowest BCUT2D eigenvalue weighted by Gasteiger charge is -2.35. The average molecular weight is 420 g/mol. The first kappa shape index (κ1) is 20.7. The molecule has 1 saturated heterocycles. The molecule has 29 heavy (non-hydrogen) atoms. The van der Waals surface area contributed by atoms with Crippen LogP contribution >= 0.6 is 11.6 Å². The number of hydrogen-bond donors (Lipinski definition) is 0. The van der Waals surface area contributed by atoms with Gasteiger partial charge in [0.2, 0.25) is 0 Å². The standard InChI is InChI=1S/C20H22ClN3O5/c1-2-28-16-4-6-17(7-5-16)29-14-20(25)23-11-9-22(10-12-23)18-8-3-15(21)13-19(18)24(26)27/h3-8,13H,2,9-12,14H2,1H3. The number of benzene rings is 2. The molecule has 1 fully saturated rings. The number of ether oxygens (including phenoxy) is 2. The number of piperazine rings is 1. The number of carbonyl (C=O) groups is 1. The molecule has 1 aliphatic rings. The molecule has 0 atom stereocenters. The van der Waals surface area contributed by atoms with Gasteiger partial charge in [-0.25, -0.2) is 0 Å². The van der Waals surface area contributed by atoms with Crippen molar-refractivity contribution in [3.8, 4) is 11.5 Å². The van der Waals surface area contributed by atoms with Gasteiger partial charge >= 0.3 is 0 Å². The van der Waals surface area contributed by atoms with Gasteiger partial charge in [0, 0.05) is 37.3 Å². The van der Waals surface area contributed by atoms with Crippen LogP contribution in [0.25, 0.3) is 0 Å². The van der Waals surface area contributed by atoms with E-state index in [-0.39, 0.29) is 18.2 Å². The molecule has 2 aromatic rings. The fraction of sp³-hybridized carbons (Fsp3) is 0.350. The van der Waals surface area contributed by atoms with Crippen molar-refractivity contribution in [1.29, 1.82) is 0 Å². The molecular weight excluding hydrogens is 398 g/mol. The van der Waals surface area contributed by atoms with E-state index in [9.17, 15) is 14.9 Å². The summed E-state index contributed by atoms with van der Waals surface area (Å²) in [6, 6.07) is 11.7. The van der Waals surface area contributed by atoms with E-state index in [1.54, 1.807) is 41.3 Å². The number of anilines is 1. The molecule has 0 unspecified atom stereocenters. The van der Waals surface area contributed by atoms with Gasteiger partial charge in [0.25, 0.3) is 11.6 Å². The summed E-state index contributed by atoms with van der Waals surface area (Å²) in [5, 5.41) is 11.6. The van der Waals surface area contributed by atoms with Gasteiger partial charge in [-0.05, 0) is 43.3 Å². The molecule has 154 valence electrons. The number of nitrogens with zero attached hydrogens (tertiary/aromatic N) is 3. The second-order valence-corrected chi connectivity index (χ2v) is 6.89. The first-order chi connectivity index (χ1) is 14.0. The summed E-state index contributed by atoms with van der Waals surface area (Å²) in [5.74, 6) is 1.22. The molecule has 0 aliphatic carbocycles. The Balaban J connectivity index is 1.53. The van der Waals surface area contributed by atoms with E-state index in [1.807, 2.05) is 11.8 Å². The van der Waals surface area contributed by atoms with Crippen LogP contribution in [0.1, 0.15) is 6.92 Å². The summed E-state index contributed by atoms with van der Waals surface area (Å²) in [6.07, 6.45) is 0. The van der Waals surface area contributed by atoms with Crippen molar-refractivity contribution in [1.82, 2.24) is 4.90 Å². The Bertz CT molecular complexity index is 867. The smallest absolute Gasteiger partial charge is 0.294 e. The molecule has 0 radical (unpaired) electrons. The number of carbonyl (C=O) groups excluding carboxylic acids is 1. The highest BCUT2D eigenvalue weighted by molar-refractivity contribution is 6.30. The normalized spacial score (nSPS) is 13.9. The van der Waals surface area contributed by atoms with Crippen LogP contribution in [0.4, 0.5) is 11.4 Å². The van der Waals surface area contributed by atoms with Crippen molar-refractivity contribution in [3.63, 3.8) is 0 Å². The van der Waals surface area contributed by atoms with E-state index >= 15 is 0 Å². The van der Waals surface area contributed by atoms with Gasteiger partial charge in [0.15, 0.2) is 6.61 Å². The van der Waals surface area contributed by atoms with Crippen molar-refractivity contribution in [2.24, 2.45) is 0 Å². The Labute approximate surface area is 173 Å². The molecule has 1 aliphatic heterocycles. The minimum Gasteiger partial charge on any atom is -0.494 e. The fourth-order valence-electron chi connectivity index (χ4n) is 3.14. The molecule has 1 heterocycles. The minimum absolute atomic E-state index is 0.0314. The van der Waals surface area contributed by atoms with Crippen LogP contribution in [0.5, 0.6) is 11.5 Å². The molecule has 0 aromatic heterocycles. The van der Waals surface area contributed by atoms with Crippen LogP contribution in [-0.2, 0) is 4.79 Å². The zero-order chi connectivity index (χ0) is 20.8. The number of halogens is 1. The number of nitro groups is 1. The zero-order valence-electron chi connectivity index (χ0n) is 16.0. The summed E-state index contributed by atoms with van der Waals surface area (Å²) >= 11 is 5.88. The Morgan fingerprint density at radius 1 is 1.07 bits per heavy atom. The summed E-state index contributed by atoms with van der Waals surface area (Å²) < 4.78 is 10.9. The van der Waals surface area contributed by atoms with Crippen molar-refractivity contribution < 1.29 is 19.2 Å². The lowest BCUT2D eigenvalue weighted by atomic mass is 10.2. The van der Waals surface area contributed by atoms with Crippen molar-refractivity contribution in [2.75, 3.05) is 44.3 Å². The molecule has 8 nitrogen and oxygen atoms in total. The van der Waals surface area contributed by atoms with Crippen LogP contribution in [-0.4, -0.2) is 55.1 Å². The number of rotatable bonds is 7. The minimum atomic E-state index is -0.441. The molecule has 0 bridgehead atoms. The van der Waals surface area contributed by atoms with E-state index in [0.29, 0.717) is 49.2 Å². The van der Waals surface area contributed by atoms with Crippen LogP contribution < -0.4 is 14.4 Å². The van der Waals surface area contributed by atoms with Crippen LogP contribution in [0.15, 0.2) is 42.5 Å². The maximum absolute atomic E-state index is 12.4. The van der Waals surface area contributed by atoms with Crippen molar-refractivity contribution in [3.05, 3.63) is 57.6 Å². The highest BCUT2D eigenvalue weighted by atomic mass is 35.5. The van der Waals surface area contributed by atoms with Gasteiger partial charge in [-0.2, -0.15) is 0 Å². The quantitative estimate of drug-likeness (QED) is 0.505. The SMILES string of the molecule is CCOc1ccc(OCC(=O)N2CCN(c3ccc(Cl)cc3[N+](=O)[O-])CC2)cc1. The lowest BCUT2D eigenvalue weighted by molar-refractivity contribution is -0.384. The monoisotopic (exact) mass is 419 g/mol. The van der Waals surface area contributed by atoms with Gasteiger partial charge in [-0.1, -0.05) is 11.6 Å². The van der Waals surface area contributed by atoms with Gasteiger partial charge in [0.1, 0.15) is 17.2 Å². The second-order valence-electron chi connectivity index (χ2n) is 6.45. The second kappa shape index (κ2) is 9.47. The lowest BCUT2D eigenvalue weighted by Crippen LogP contribution is -2.50. The maximum Gasteiger partial charge on any atom is 0.294 e. The Morgan fingerprint density at radius 3 is 2.28 bits per heavy atom. The number of hydrogen-bond acceptors (Lipinski definition) is 6. The molecule has 0 N–H and O–H groups in total. The predicted molar refractivity (Wildman–Crippen MR) is 110 cm³/mol. The van der Waals surface area contributed by atoms with Crippen molar-refractivity contribution in [2.45, 2.75) is 6.92 Å². The molecule has 3 rings (SSSR count). The third-order valence-electron chi connectivity index (χ3n) is 4.60. The van der Waals surface area contributed by atoms with E-state index in [1.165, 1.54) is 6.07 Å². The highest BCUT2D eigenvalue weighted by Gasteiger charge is 2.26. The van der Waals surface area contributed by atoms with Gasteiger partial charge in [0.05, 0.1) is 11.5 Å². The fourth-order valence-corrected chi connectivity index (χ4v) is 3.31. The first-order valence-corrected chi connectivity index (χ1v) is 9.68. The summed E-state index contributed by atoms with van der Waals surface area (Å²) in [4.78, 5) is 26.9. The Kier molecular flexibility index (Phi) is 6.77. The molecule has 0 saturated carbocycles. The topological polar surface area (TPSA) is 85.2 Å². The summed E-state index contributed by atoms with van der Waals surface area (Å²) in [5.41, 5.74) is 0.480. The first-order valence-electron chi connectivity index (χ1n) is 9.30. The van der Waals surface area contributed by atoms with Gasteiger partial charge in [-0.3, -0.25) is 14.9 Å².